The summed E-state index contributed by atoms with van der Waals surface area (Å²) in [6.07, 6.45) is 1.08. The smallest absolute Gasteiger partial charge is 0.168 e. The number of benzene rings is 1. The van der Waals surface area contributed by atoms with Gasteiger partial charge >= 0.3 is 0 Å². The number of nitrogens with one attached hydrogen (secondary N) is 1. The molecular weight excluding hydrogens is 244 g/mol. The van der Waals surface area contributed by atoms with Gasteiger partial charge in [-0.15, -0.1) is 0 Å². The third-order valence-corrected chi connectivity index (χ3v) is 3.22. The molecule has 0 aliphatic carbocycles. The molecule has 96 valence electrons. The highest BCUT2D eigenvalue weighted by molar-refractivity contribution is 6.99. The summed E-state index contributed by atoms with van der Waals surface area (Å²) in [5.41, 5.74) is 3.23. The van der Waals surface area contributed by atoms with E-state index in [1.807, 2.05) is 14.1 Å². The van der Waals surface area contributed by atoms with E-state index >= 15 is 0 Å². The second kappa shape index (κ2) is 5.82. The molecule has 0 saturated carbocycles. The van der Waals surface area contributed by atoms with Crippen molar-refractivity contribution in [1.29, 1.82) is 0 Å². The van der Waals surface area contributed by atoms with Gasteiger partial charge in [0.05, 0.1) is 11.7 Å². The molecule has 0 bridgehead atoms. The zero-order chi connectivity index (χ0) is 13.0. The average Bonchev–Trinajstić information content (AvgIpc) is 2.84. The highest BCUT2D eigenvalue weighted by atomic mass is 32.1. The second-order valence-corrected chi connectivity index (χ2v) is 4.86. The van der Waals surface area contributed by atoms with Gasteiger partial charge in [-0.1, -0.05) is 19.1 Å². The third kappa shape index (κ3) is 2.79. The highest BCUT2D eigenvalue weighted by Gasteiger charge is 2.09. The summed E-state index contributed by atoms with van der Waals surface area (Å²) >= 11 is 1.25. The van der Waals surface area contributed by atoms with Crippen molar-refractivity contribution in [3.8, 4) is 11.3 Å². The molecule has 0 fully saturated rings. The predicted octanol–water partition coefficient (Wildman–Crippen LogP) is 3.09. The summed E-state index contributed by atoms with van der Waals surface area (Å²) in [6.45, 7) is 3.06. The molecule has 0 saturated heterocycles. The third-order valence-electron chi connectivity index (χ3n) is 2.69. The highest BCUT2D eigenvalue weighted by Crippen LogP contribution is 2.27. The largest absolute Gasteiger partial charge is 0.378 e. The van der Waals surface area contributed by atoms with Gasteiger partial charge in [0.1, 0.15) is 5.69 Å². The van der Waals surface area contributed by atoms with Gasteiger partial charge in [0, 0.05) is 31.9 Å². The van der Waals surface area contributed by atoms with Gasteiger partial charge in [-0.25, -0.2) is 0 Å². The Morgan fingerprint density at radius 2 is 1.89 bits per heavy atom. The molecule has 18 heavy (non-hydrogen) atoms. The quantitative estimate of drug-likeness (QED) is 0.899. The molecule has 1 aromatic carbocycles. The van der Waals surface area contributed by atoms with Crippen molar-refractivity contribution < 1.29 is 0 Å². The van der Waals surface area contributed by atoms with Crippen LogP contribution in [0.3, 0.4) is 0 Å². The Hall–Kier alpha value is -1.62. The Kier molecular flexibility index (Phi) is 4.15. The lowest BCUT2D eigenvalue weighted by Gasteiger charge is -2.12. The Bertz CT molecular complexity index is 490. The molecule has 5 heteroatoms. The Morgan fingerprint density at radius 3 is 2.50 bits per heavy atom. The van der Waals surface area contributed by atoms with Gasteiger partial charge in [0.15, 0.2) is 5.82 Å². The molecule has 0 aliphatic rings. The van der Waals surface area contributed by atoms with Crippen LogP contribution >= 0.6 is 11.7 Å². The van der Waals surface area contributed by atoms with Crippen LogP contribution in [0.15, 0.2) is 24.3 Å². The molecule has 1 heterocycles. The van der Waals surface area contributed by atoms with Crippen molar-refractivity contribution in [2.24, 2.45) is 0 Å². The van der Waals surface area contributed by atoms with Crippen molar-refractivity contribution in [3.05, 3.63) is 24.3 Å². The standard InChI is InChI=1S/C13H18N4S/c1-4-9-14-13-12(15-18-16-13)10-5-7-11(8-6-10)17(2)3/h5-8H,4,9H2,1-3H3,(H,14,16). The summed E-state index contributed by atoms with van der Waals surface area (Å²) < 4.78 is 8.66. The zero-order valence-electron chi connectivity index (χ0n) is 11.0. The fraction of sp³-hybridized carbons (Fsp3) is 0.385. The van der Waals surface area contributed by atoms with Crippen molar-refractivity contribution in [2.75, 3.05) is 30.9 Å². The van der Waals surface area contributed by atoms with Gasteiger partial charge in [-0.2, -0.15) is 8.75 Å². The lowest BCUT2D eigenvalue weighted by molar-refractivity contribution is 0.974. The minimum absolute atomic E-state index is 0.888. The van der Waals surface area contributed by atoms with Crippen LogP contribution in [-0.2, 0) is 0 Å². The SMILES string of the molecule is CCCNc1nsnc1-c1ccc(N(C)C)cc1. The van der Waals surface area contributed by atoms with Gasteiger partial charge in [0.25, 0.3) is 0 Å². The van der Waals surface area contributed by atoms with E-state index in [4.69, 9.17) is 0 Å². The normalized spacial score (nSPS) is 10.4. The van der Waals surface area contributed by atoms with Crippen LogP contribution in [0.25, 0.3) is 11.3 Å². The first-order valence-electron chi connectivity index (χ1n) is 6.06. The number of aromatic nitrogens is 2. The van der Waals surface area contributed by atoms with Gasteiger partial charge in [0.2, 0.25) is 0 Å². The molecule has 0 aliphatic heterocycles. The first kappa shape index (κ1) is 12.8. The Morgan fingerprint density at radius 1 is 1.17 bits per heavy atom. The monoisotopic (exact) mass is 262 g/mol. The van der Waals surface area contributed by atoms with Crippen LogP contribution in [-0.4, -0.2) is 29.4 Å². The van der Waals surface area contributed by atoms with Crippen molar-refractivity contribution in [1.82, 2.24) is 8.75 Å². The van der Waals surface area contributed by atoms with E-state index in [1.165, 1.54) is 17.4 Å². The summed E-state index contributed by atoms with van der Waals surface area (Å²) in [5.74, 6) is 0.888. The first-order valence-corrected chi connectivity index (χ1v) is 6.79. The van der Waals surface area contributed by atoms with Gasteiger partial charge in [-0.05, 0) is 18.6 Å². The van der Waals surface area contributed by atoms with E-state index in [0.717, 1.165) is 30.0 Å². The number of hydrogen-bond donors (Lipinski definition) is 1. The van der Waals surface area contributed by atoms with E-state index in [-0.39, 0.29) is 0 Å². The van der Waals surface area contributed by atoms with Gasteiger partial charge < -0.3 is 10.2 Å². The number of hydrogen-bond acceptors (Lipinski definition) is 5. The average molecular weight is 262 g/mol. The number of rotatable bonds is 5. The predicted molar refractivity (Wildman–Crippen MR) is 78.5 cm³/mol. The van der Waals surface area contributed by atoms with Crippen LogP contribution in [0.4, 0.5) is 11.5 Å². The lowest BCUT2D eigenvalue weighted by Crippen LogP contribution is -2.08. The van der Waals surface area contributed by atoms with E-state index in [0.29, 0.717) is 0 Å². The topological polar surface area (TPSA) is 41.1 Å². The van der Waals surface area contributed by atoms with E-state index in [1.54, 1.807) is 0 Å². The second-order valence-electron chi connectivity index (χ2n) is 4.33. The fourth-order valence-corrected chi connectivity index (χ4v) is 2.20. The van der Waals surface area contributed by atoms with Crippen LogP contribution < -0.4 is 10.2 Å². The van der Waals surface area contributed by atoms with Crippen LogP contribution in [0.5, 0.6) is 0 Å². The van der Waals surface area contributed by atoms with Crippen LogP contribution in [0, 0.1) is 0 Å². The maximum atomic E-state index is 4.37. The molecule has 2 rings (SSSR count). The zero-order valence-corrected chi connectivity index (χ0v) is 11.8. The minimum Gasteiger partial charge on any atom is -0.378 e. The van der Waals surface area contributed by atoms with E-state index in [2.05, 4.69) is 50.2 Å². The molecule has 1 N–H and O–H groups in total. The molecule has 4 nitrogen and oxygen atoms in total. The lowest BCUT2D eigenvalue weighted by atomic mass is 10.1. The molecule has 0 atom stereocenters. The minimum atomic E-state index is 0.888. The first-order chi connectivity index (χ1) is 8.72. The molecule has 0 amide bonds. The summed E-state index contributed by atoms with van der Waals surface area (Å²) in [5, 5.41) is 3.31. The molecule has 0 spiro atoms. The van der Waals surface area contributed by atoms with Crippen molar-refractivity contribution in [2.45, 2.75) is 13.3 Å². The summed E-state index contributed by atoms with van der Waals surface area (Å²) in [7, 11) is 4.07. The Labute approximate surface area is 112 Å². The Balaban J connectivity index is 2.23. The number of nitrogens with zero attached hydrogens (tertiary/aromatic N) is 3. The van der Waals surface area contributed by atoms with Crippen LogP contribution in [0.2, 0.25) is 0 Å². The molecule has 2 aromatic rings. The number of anilines is 2. The van der Waals surface area contributed by atoms with E-state index in [9.17, 15) is 0 Å². The summed E-state index contributed by atoms with van der Waals surface area (Å²) in [4.78, 5) is 2.08. The fourth-order valence-electron chi connectivity index (χ4n) is 1.65. The van der Waals surface area contributed by atoms with Gasteiger partial charge in [-0.3, -0.25) is 0 Å². The van der Waals surface area contributed by atoms with Crippen LogP contribution in [0.1, 0.15) is 13.3 Å². The maximum Gasteiger partial charge on any atom is 0.168 e. The summed E-state index contributed by atoms with van der Waals surface area (Å²) in [6, 6.07) is 8.36. The molecule has 1 aromatic heterocycles. The molecular formula is C13H18N4S. The van der Waals surface area contributed by atoms with Crippen molar-refractivity contribution in [3.63, 3.8) is 0 Å². The molecule has 0 radical (unpaired) electrons. The van der Waals surface area contributed by atoms with E-state index < -0.39 is 0 Å². The van der Waals surface area contributed by atoms with Crippen molar-refractivity contribution >= 4 is 23.2 Å². The molecule has 0 unspecified atom stereocenters. The maximum absolute atomic E-state index is 4.37.